The van der Waals surface area contributed by atoms with E-state index in [1.54, 1.807) is 11.3 Å². The van der Waals surface area contributed by atoms with Crippen molar-refractivity contribution in [3.63, 3.8) is 0 Å². The van der Waals surface area contributed by atoms with Crippen LogP contribution in [0.5, 0.6) is 0 Å². The monoisotopic (exact) mass is 291 g/mol. The number of thiazole rings is 1. The molecule has 5 nitrogen and oxygen atoms in total. The van der Waals surface area contributed by atoms with E-state index >= 15 is 0 Å². The minimum atomic E-state index is 0.246. The first-order valence-corrected chi connectivity index (χ1v) is 8.15. The predicted molar refractivity (Wildman–Crippen MR) is 79.8 cm³/mol. The van der Waals surface area contributed by atoms with Gasteiger partial charge in [-0.1, -0.05) is 6.92 Å². The zero-order valence-electron chi connectivity index (χ0n) is 12.3. The average molecular weight is 291 g/mol. The van der Waals surface area contributed by atoms with Crippen LogP contribution in [-0.2, 0) is 13.0 Å². The van der Waals surface area contributed by atoms with Crippen LogP contribution in [0, 0.1) is 6.92 Å². The maximum atomic E-state index is 4.63. The fourth-order valence-corrected chi connectivity index (χ4v) is 3.22. The summed E-state index contributed by atoms with van der Waals surface area (Å²) in [6.07, 6.45) is 3.52. The Balaban J connectivity index is 1.64. The fraction of sp³-hybridized carbons (Fsp3) is 0.643. The molecule has 2 aromatic rings. The number of aromatic nitrogens is 4. The van der Waals surface area contributed by atoms with E-state index in [4.69, 9.17) is 0 Å². The second-order valence-corrected chi connectivity index (χ2v) is 6.33. The first-order chi connectivity index (χ1) is 9.69. The summed E-state index contributed by atoms with van der Waals surface area (Å²) in [7, 11) is 0. The zero-order chi connectivity index (χ0) is 14.1. The van der Waals surface area contributed by atoms with E-state index in [1.165, 1.54) is 17.8 Å². The van der Waals surface area contributed by atoms with Crippen LogP contribution in [0.2, 0.25) is 0 Å². The topological polar surface area (TPSA) is 55.6 Å². The average Bonchev–Trinajstić information content (AvgIpc) is 3.04. The zero-order valence-corrected chi connectivity index (χ0v) is 13.1. The summed E-state index contributed by atoms with van der Waals surface area (Å²) in [4.78, 5) is 4.63. The Bertz CT molecular complexity index is 584. The molecule has 2 heterocycles. The quantitative estimate of drug-likeness (QED) is 0.889. The molecule has 1 fully saturated rings. The van der Waals surface area contributed by atoms with Crippen LogP contribution >= 0.6 is 11.3 Å². The molecule has 1 atom stereocenters. The lowest BCUT2D eigenvalue weighted by molar-refractivity contribution is 0.526. The third-order valence-electron chi connectivity index (χ3n) is 3.73. The standard InChI is InChI=1S/C14H21N5S/c1-4-14-16-12(8-20-14)9(2)15-7-13-18-17-10(3)19(13)11-5-6-11/h8-9,11,15H,4-7H2,1-3H3. The molecule has 2 aromatic heterocycles. The van der Waals surface area contributed by atoms with Gasteiger partial charge in [0.15, 0.2) is 0 Å². The van der Waals surface area contributed by atoms with Gasteiger partial charge in [0.05, 0.1) is 17.2 Å². The third kappa shape index (κ3) is 2.76. The van der Waals surface area contributed by atoms with Gasteiger partial charge in [0, 0.05) is 17.5 Å². The number of hydrogen-bond donors (Lipinski definition) is 1. The summed E-state index contributed by atoms with van der Waals surface area (Å²) in [5.41, 5.74) is 1.13. The Hall–Kier alpha value is -1.27. The molecule has 0 radical (unpaired) electrons. The Morgan fingerprint density at radius 1 is 1.45 bits per heavy atom. The molecule has 108 valence electrons. The summed E-state index contributed by atoms with van der Waals surface area (Å²) in [5, 5.41) is 15.4. The van der Waals surface area contributed by atoms with Gasteiger partial charge in [-0.05, 0) is 33.1 Å². The van der Waals surface area contributed by atoms with E-state index in [0.29, 0.717) is 6.04 Å². The van der Waals surface area contributed by atoms with Crippen molar-refractivity contribution >= 4 is 11.3 Å². The molecule has 1 saturated carbocycles. The highest BCUT2D eigenvalue weighted by Crippen LogP contribution is 2.36. The minimum Gasteiger partial charge on any atom is -0.311 e. The second kappa shape index (κ2) is 5.61. The smallest absolute Gasteiger partial charge is 0.147 e. The van der Waals surface area contributed by atoms with Crippen molar-refractivity contribution in [3.8, 4) is 0 Å². The summed E-state index contributed by atoms with van der Waals surface area (Å²) < 4.78 is 2.28. The Labute approximate surface area is 123 Å². The van der Waals surface area contributed by atoms with Gasteiger partial charge in [-0.2, -0.15) is 0 Å². The van der Waals surface area contributed by atoms with Gasteiger partial charge in [-0.25, -0.2) is 4.98 Å². The van der Waals surface area contributed by atoms with Gasteiger partial charge in [0.2, 0.25) is 0 Å². The van der Waals surface area contributed by atoms with Gasteiger partial charge in [-0.15, -0.1) is 21.5 Å². The molecule has 6 heteroatoms. The molecule has 1 unspecified atom stereocenters. The summed E-state index contributed by atoms with van der Waals surface area (Å²) in [6, 6.07) is 0.874. The van der Waals surface area contributed by atoms with Crippen LogP contribution in [0.3, 0.4) is 0 Å². The highest BCUT2D eigenvalue weighted by molar-refractivity contribution is 7.09. The number of hydrogen-bond acceptors (Lipinski definition) is 5. The van der Waals surface area contributed by atoms with Crippen molar-refractivity contribution in [2.24, 2.45) is 0 Å². The highest BCUT2D eigenvalue weighted by Gasteiger charge is 2.28. The van der Waals surface area contributed by atoms with E-state index in [0.717, 1.165) is 30.3 Å². The fourth-order valence-electron chi connectivity index (χ4n) is 2.38. The lowest BCUT2D eigenvalue weighted by Crippen LogP contribution is -2.21. The Morgan fingerprint density at radius 2 is 2.25 bits per heavy atom. The Kier molecular flexibility index (Phi) is 3.85. The van der Waals surface area contributed by atoms with Crippen LogP contribution in [-0.4, -0.2) is 19.7 Å². The summed E-state index contributed by atoms with van der Waals surface area (Å²) in [6.45, 7) is 7.07. The molecule has 1 N–H and O–H groups in total. The number of rotatable bonds is 6. The van der Waals surface area contributed by atoms with Crippen molar-refractivity contribution in [2.75, 3.05) is 0 Å². The highest BCUT2D eigenvalue weighted by atomic mass is 32.1. The first-order valence-electron chi connectivity index (χ1n) is 7.27. The van der Waals surface area contributed by atoms with Crippen LogP contribution in [0.15, 0.2) is 5.38 Å². The normalized spacial score (nSPS) is 16.6. The second-order valence-electron chi connectivity index (χ2n) is 5.39. The lowest BCUT2D eigenvalue weighted by Gasteiger charge is -2.12. The molecule has 0 saturated heterocycles. The van der Waals surface area contributed by atoms with Gasteiger partial charge >= 0.3 is 0 Å². The van der Waals surface area contributed by atoms with Crippen LogP contribution in [0.1, 0.15) is 61.1 Å². The molecule has 3 rings (SSSR count). The number of aryl methyl sites for hydroxylation is 2. The summed E-state index contributed by atoms with van der Waals surface area (Å²) in [5.74, 6) is 2.07. The van der Waals surface area contributed by atoms with Crippen molar-refractivity contribution < 1.29 is 0 Å². The van der Waals surface area contributed by atoms with Gasteiger partial charge < -0.3 is 9.88 Å². The molecule has 20 heavy (non-hydrogen) atoms. The molecule has 1 aliphatic rings. The van der Waals surface area contributed by atoms with E-state index < -0.39 is 0 Å². The van der Waals surface area contributed by atoms with Crippen molar-refractivity contribution in [1.29, 1.82) is 0 Å². The molecule has 0 bridgehead atoms. The van der Waals surface area contributed by atoms with Gasteiger partial charge in [0.25, 0.3) is 0 Å². The SMILES string of the molecule is CCc1nc(C(C)NCc2nnc(C)n2C2CC2)cs1. The van der Waals surface area contributed by atoms with Crippen molar-refractivity contribution in [3.05, 3.63) is 27.7 Å². The van der Waals surface area contributed by atoms with Crippen molar-refractivity contribution in [1.82, 2.24) is 25.1 Å². The van der Waals surface area contributed by atoms with Gasteiger partial charge in [-0.3, -0.25) is 0 Å². The number of nitrogens with one attached hydrogen (secondary N) is 1. The van der Waals surface area contributed by atoms with E-state index in [9.17, 15) is 0 Å². The molecule has 0 aliphatic heterocycles. The van der Waals surface area contributed by atoms with Crippen LogP contribution in [0.4, 0.5) is 0 Å². The van der Waals surface area contributed by atoms with E-state index in [1.807, 2.05) is 6.92 Å². The maximum Gasteiger partial charge on any atom is 0.147 e. The molecule has 1 aliphatic carbocycles. The largest absolute Gasteiger partial charge is 0.311 e. The molecular formula is C14H21N5S. The molecule has 0 aromatic carbocycles. The Morgan fingerprint density at radius 3 is 2.90 bits per heavy atom. The molecule has 0 spiro atoms. The van der Waals surface area contributed by atoms with Crippen LogP contribution < -0.4 is 5.32 Å². The first kappa shape index (κ1) is 13.7. The maximum absolute atomic E-state index is 4.63. The number of nitrogens with zero attached hydrogens (tertiary/aromatic N) is 4. The predicted octanol–water partition coefficient (Wildman–Crippen LogP) is 2.79. The minimum absolute atomic E-state index is 0.246. The van der Waals surface area contributed by atoms with E-state index in [2.05, 4.69) is 44.3 Å². The third-order valence-corrected chi connectivity index (χ3v) is 4.74. The summed E-state index contributed by atoms with van der Waals surface area (Å²) >= 11 is 1.74. The molecule has 0 amide bonds. The lowest BCUT2D eigenvalue weighted by atomic mass is 10.2. The van der Waals surface area contributed by atoms with Crippen LogP contribution in [0.25, 0.3) is 0 Å². The van der Waals surface area contributed by atoms with Crippen molar-refractivity contribution in [2.45, 2.75) is 58.7 Å². The molecular weight excluding hydrogens is 270 g/mol. The van der Waals surface area contributed by atoms with E-state index in [-0.39, 0.29) is 6.04 Å². The van der Waals surface area contributed by atoms with Gasteiger partial charge in [0.1, 0.15) is 11.6 Å².